The van der Waals surface area contributed by atoms with Crippen LogP contribution in [0.1, 0.15) is 37.8 Å². The predicted molar refractivity (Wildman–Crippen MR) is 65.1 cm³/mol. The van der Waals surface area contributed by atoms with Crippen LogP contribution in [0, 0.1) is 6.92 Å². The molecule has 1 N–H and O–H groups in total. The van der Waals surface area contributed by atoms with Crippen LogP contribution in [0.2, 0.25) is 0 Å². The van der Waals surface area contributed by atoms with E-state index in [1.54, 1.807) is 20.8 Å². The van der Waals surface area contributed by atoms with Crippen molar-refractivity contribution >= 4 is 11.0 Å². The van der Waals surface area contributed by atoms with Crippen LogP contribution < -0.4 is 5.56 Å². The second-order valence-corrected chi connectivity index (χ2v) is 4.58. The Hall–Kier alpha value is -1.79. The Morgan fingerprint density at radius 3 is 2.63 bits per heavy atom. The number of hydrogen-bond acceptors (Lipinski definition) is 2. The highest BCUT2D eigenvalue weighted by atomic mass is 19.4. The van der Waals surface area contributed by atoms with Crippen LogP contribution in [0.4, 0.5) is 13.2 Å². The molecule has 0 aromatic carbocycles. The van der Waals surface area contributed by atoms with Gasteiger partial charge in [-0.15, -0.1) is 0 Å². The van der Waals surface area contributed by atoms with Gasteiger partial charge in [-0.2, -0.15) is 13.2 Å². The van der Waals surface area contributed by atoms with Gasteiger partial charge in [-0.25, -0.2) is 4.98 Å². The van der Waals surface area contributed by atoms with Crippen molar-refractivity contribution in [3.05, 3.63) is 27.9 Å². The van der Waals surface area contributed by atoms with E-state index >= 15 is 0 Å². The molecule has 1 unspecified atom stereocenters. The molecule has 104 valence electrons. The fourth-order valence-electron chi connectivity index (χ4n) is 2.00. The summed E-state index contributed by atoms with van der Waals surface area (Å²) in [4.78, 5) is 18.5. The number of aryl methyl sites for hydroxylation is 1. The Morgan fingerprint density at radius 1 is 1.47 bits per heavy atom. The van der Waals surface area contributed by atoms with E-state index in [1.807, 2.05) is 0 Å². The molecule has 2 aromatic heterocycles. The number of aromatic nitrogens is 3. The summed E-state index contributed by atoms with van der Waals surface area (Å²) in [7, 11) is 0. The second kappa shape index (κ2) is 4.40. The number of nitrogens with zero attached hydrogens (tertiary/aromatic N) is 2. The molecule has 2 heterocycles. The lowest BCUT2D eigenvalue weighted by molar-refractivity contribution is -0.148. The molecule has 0 bridgehead atoms. The monoisotopic (exact) mass is 273 g/mol. The average molecular weight is 273 g/mol. The summed E-state index contributed by atoms with van der Waals surface area (Å²) in [6, 6.07) is 0.959. The molecule has 19 heavy (non-hydrogen) atoms. The Kier molecular flexibility index (Phi) is 3.15. The molecule has 0 aliphatic heterocycles. The first-order valence-corrected chi connectivity index (χ1v) is 5.94. The van der Waals surface area contributed by atoms with Gasteiger partial charge in [0.25, 0.3) is 5.56 Å². The maximum Gasteiger partial charge on any atom is 0.449 e. The molecule has 2 rings (SSSR count). The van der Waals surface area contributed by atoms with Crippen LogP contribution in [0.25, 0.3) is 11.0 Å². The van der Waals surface area contributed by atoms with Gasteiger partial charge in [0, 0.05) is 11.7 Å². The molecule has 1 atom stereocenters. The molecule has 0 aliphatic carbocycles. The Balaban J connectivity index is 2.88. The molecule has 0 fully saturated rings. The zero-order valence-electron chi connectivity index (χ0n) is 10.8. The van der Waals surface area contributed by atoms with Gasteiger partial charge in [0.05, 0.1) is 5.39 Å². The fraction of sp³-hybridized carbons (Fsp3) is 0.500. The van der Waals surface area contributed by atoms with E-state index in [0.717, 1.165) is 4.57 Å². The number of hydrogen-bond donors (Lipinski definition) is 1. The Morgan fingerprint density at radius 2 is 2.11 bits per heavy atom. The summed E-state index contributed by atoms with van der Waals surface area (Å²) < 4.78 is 39.8. The van der Waals surface area contributed by atoms with E-state index in [0.29, 0.717) is 12.1 Å². The van der Waals surface area contributed by atoms with E-state index in [-0.39, 0.29) is 11.0 Å². The van der Waals surface area contributed by atoms with E-state index in [4.69, 9.17) is 0 Å². The van der Waals surface area contributed by atoms with Crippen molar-refractivity contribution in [1.82, 2.24) is 14.5 Å². The Labute approximate surface area is 107 Å². The van der Waals surface area contributed by atoms with Gasteiger partial charge in [0.2, 0.25) is 5.82 Å². The minimum atomic E-state index is -4.66. The molecule has 0 saturated heterocycles. The van der Waals surface area contributed by atoms with Gasteiger partial charge >= 0.3 is 6.18 Å². The first-order chi connectivity index (χ1) is 8.75. The first-order valence-electron chi connectivity index (χ1n) is 5.94. The maximum atomic E-state index is 13.0. The van der Waals surface area contributed by atoms with Crippen molar-refractivity contribution < 1.29 is 13.2 Å². The van der Waals surface area contributed by atoms with E-state index in [1.165, 1.54) is 6.07 Å². The highest BCUT2D eigenvalue weighted by Crippen LogP contribution is 2.30. The second-order valence-electron chi connectivity index (χ2n) is 4.58. The summed E-state index contributed by atoms with van der Waals surface area (Å²) in [5, 5.41) is 0.186. The molecule has 2 aromatic rings. The Bertz CT molecular complexity index is 669. The molecular weight excluding hydrogens is 259 g/mol. The minimum absolute atomic E-state index is 0.0191. The summed E-state index contributed by atoms with van der Waals surface area (Å²) in [6.45, 7) is 4.97. The van der Waals surface area contributed by atoms with Gasteiger partial charge in [-0.3, -0.25) is 9.36 Å². The molecule has 0 spiro atoms. The smallest absolute Gasteiger partial charge is 0.343 e. The third-order valence-electron chi connectivity index (χ3n) is 3.11. The molecule has 0 radical (unpaired) electrons. The summed E-state index contributed by atoms with van der Waals surface area (Å²) >= 11 is 0. The van der Waals surface area contributed by atoms with E-state index in [9.17, 15) is 18.0 Å². The SMILES string of the molecule is CCC(C)n1c(C(F)(F)F)nc2[nH]c(C)cc2c1=O. The average Bonchev–Trinajstić information content (AvgIpc) is 2.68. The zero-order chi connectivity index (χ0) is 14.4. The highest BCUT2D eigenvalue weighted by Gasteiger charge is 2.38. The minimum Gasteiger partial charge on any atom is -0.343 e. The van der Waals surface area contributed by atoms with Crippen LogP contribution >= 0.6 is 0 Å². The van der Waals surface area contributed by atoms with Crippen molar-refractivity contribution in [1.29, 1.82) is 0 Å². The number of halogens is 3. The number of aromatic amines is 1. The largest absolute Gasteiger partial charge is 0.449 e. The number of H-pyrrole nitrogens is 1. The zero-order valence-corrected chi connectivity index (χ0v) is 10.8. The first kappa shape index (κ1) is 13.6. The highest BCUT2D eigenvalue weighted by molar-refractivity contribution is 5.75. The third kappa shape index (κ3) is 2.24. The van der Waals surface area contributed by atoms with Crippen molar-refractivity contribution in [3.8, 4) is 0 Å². The summed E-state index contributed by atoms with van der Waals surface area (Å²) in [5.74, 6) is -1.15. The summed E-state index contributed by atoms with van der Waals surface area (Å²) in [5.41, 5.74) is -0.0694. The van der Waals surface area contributed by atoms with Gasteiger partial charge in [0.1, 0.15) is 5.65 Å². The summed E-state index contributed by atoms with van der Waals surface area (Å²) in [6.07, 6.45) is -4.24. The fourth-order valence-corrected chi connectivity index (χ4v) is 2.00. The molecule has 0 aliphatic rings. The predicted octanol–water partition coefficient (Wildman–Crippen LogP) is 3.02. The lowest BCUT2D eigenvalue weighted by atomic mass is 10.2. The molecule has 4 nitrogen and oxygen atoms in total. The molecule has 0 amide bonds. The number of alkyl halides is 3. The van der Waals surface area contributed by atoms with Crippen molar-refractivity contribution in [2.75, 3.05) is 0 Å². The lowest BCUT2D eigenvalue weighted by Gasteiger charge is -2.19. The molecule has 7 heteroatoms. The quantitative estimate of drug-likeness (QED) is 0.914. The van der Waals surface area contributed by atoms with Crippen LogP contribution in [0.5, 0.6) is 0 Å². The van der Waals surface area contributed by atoms with Crippen molar-refractivity contribution in [2.24, 2.45) is 0 Å². The number of nitrogens with one attached hydrogen (secondary N) is 1. The van der Waals surface area contributed by atoms with Gasteiger partial charge in [0.15, 0.2) is 0 Å². The standard InChI is InChI=1S/C12H14F3N3O/c1-4-7(3)18-10(19)8-5-6(2)16-9(8)17-11(18)12(13,14)15/h5,7,16H,4H2,1-3H3. The van der Waals surface area contributed by atoms with Crippen LogP contribution in [-0.2, 0) is 6.18 Å². The van der Waals surface area contributed by atoms with E-state index < -0.39 is 23.6 Å². The topological polar surface area (TPSA) is 50.7 Å². The van der Waals surface area contributed by atoms with Gasteiger partial charge in [-0.1, -0.05) is 6.92 Å². The lowest BCUT2D eigenvalue weighted by Crippen LogP contribution is -2.31. The van der Waals surface area contributed by atoms with Gasteiger partial charge < -0.3 is 4.98 Å². The normalized spacial score (nSPS) is 14.0. The number of rotatable bonds is 2. The molecule has 0 saturated carbocycles. The number of fused-ring (bicyclic) bond motifs is 1. The van der Waals surface area contributed by atoms with Crippen LogP contribution in [0.15, 0.2) is 10.9 Å². The third-order valence-corrected chi connectivity index (χ3v) is 3.11. The van der Waals surface area contributed by atoms with Crippen LogP contribution in [-0.4, -0.2) is 14.5 Å². The van der Waals surface area contributed by atoms with Crippen LogP contribution in [0.3, 0.4) is 0 Å². The molecular formula is C12H14F3N3O. The van der Waals surface area contributed by atoms with Crippen molar-refractivity contribution in [3.63, 3.8) is 0 Å². The van der Waals surface area contributed by atoms with Crippen molar-refractivity contribution in [2.45, 2.75) is 39.4 Å². The van der Waals surface area contributed by atoms with Gasteiger partial charge in [-0.05, 0) is 26.3 Å². The maximum absolute atomic E-state index is 13.0. The van der Waals surface area contributed by atoms with E-state index in [2.05, 4.69) is 9.97 Å².